The SMILES string of the molecule is Cn1cc2cc(S(=O)(=O)c3ccc(CCC(=O)c4ccc5nccn5c4)cc3)ccc2n1. The van der Waals surface area contributed by atoms with Crippen molar-refractivity contribution in [3.63, 3.8) is 0 Å². The Morgan fingerprint density at radius 3 is 2.56 bits per heavy atom. The third kappa shape index (κ3) is 3.69. The minimum Gasteiger partial charge on any atom is -0.306 e. The van der Waals surface area contributed by atoms with Crippen LogP contribution in [0, 0.1) is 0 Å². The quantitative estimate of drug-likeness (QED) is 0.371. The number of carbonyl (C=O) groups is 1. The monoisotopic (exact) mass is 444 g/mol. The summed E-state index contributed by atoms with van der Waals surface area (Å²) in [5, 5.41) is 5.05. The van der Waals surface area contributed by atoms with Gasteiger partial charge in [-0.1, -0.05) is 12.1 Å². The van der Waals surface area contributed by atoms with Crippen molar-refractivity contribution in [3.8, 4) is 0 Å². The highest BCUT2D eigenvalue weighted by molar-refractivity contribution is 7.91. The molecule has 0 spiro atoms. The number of ketones is 1. The van der Waals surface area contributed by atoms with E-state index in [0.717, 1.165) is 22.1 Å². The number of imidazole rings is 1. The Morgan fingerprint density at radius 2 is 1.75 bits per heavy atom. The first-order chi connectivity index (χ1) is 15.4. The van der Waals surface area contributed by atoms with Gasteiger partial charge in [-0.25, -0.2) is 13.4 Å². The summed E-state index contributed by atoms with van der Waals surface area (Å²) in [7, 11) is -1.84. The lowest BCUT2D eigenvalue weighted by molar-refractivity contribution is 0.0982. The number of pyridine rings is 1. The van der Waals surface area contributed by atoms with Gasteiger partial charge in [-0.3, -0.25) is 9.48 Å². The van der Waals surface area contributed by atoms with Gasteiger partial charge in [0.2, 0.25) is 9.84 Å². The van der Waals surface area contributed by atoms with E-state index in [9.17, 15) is 13.2 Å². The number of rotatable bonds is 6. The van der Waals surface area contributed by atoms with E-state index in [2.05, 4.69) is 10.1 Å². The highest BCUT2D eigenvalue weighted by Crippen LogP contribution is 2.25. The maximum atomic E-state index is 13.0. The number of carbonyl (C=O) groups excluding carboxylic acids is 1. The second kappa shape index (κ2) is 7.72. The third-order valence-electron chi connectivity index (χ3n) is 5.49. The van der Waals surface area contributed by atoms with Crippen molar-refractivity contribution in [2.75, 3.05) is 0 Å². The second-order valence-electron chi connectivity index (χ2n) is 7.70. The van der Waals surface area contributed by atoms with Gasteiger partial charge in [0, 0.05) is 49.2 Å². The molecule has 160 valence electrons. The molecule has 0 N–H and O–H groups in total. The van der Waals surface area contributed by atoms with E-state index in [4.69, 9.17) is 0 Å². The average molecular weight is 445 g/mol. The van der Waals surface area contributed by atoms with E-state index in [0.29, 0.717) is 18.4 Å². The molecule has 0 bridgehead atoms. The van der Waals surface area contributed by atoms with Crippen LogP contribution in [0.25, 0.3) is 16.6 Å². The number of aromatic nitrogens is 4. The molecule has 0 saturated heterocycles. The number of hydrogen-bond acceptors (Lipinski definition) is 5. The zero-order chi connectivity index (χ0) is 22.3. The summed E-state index contributed by atoms with van der Waals surface area (Å²) < 4.78 is 29.6. The molecule has 0 aliphatic heterocycles. The molecule has 0 atom stereocenters. The van der Waals surface area contributed by atoms with Crippen LogP contribution in [0.2, 0.25) is 0 Å². The molecule has 8 heteroatoms. The molecule has 3 aromatic heterocycles. The Labute approximate surface area is 184 Å². The van der Waals surface area contributed by atoms with Crippen LogP contribution in [0.4, 0.5) is 0 Å². The lowest BCUT2D eigenvalue weighted by Crippen LogP contribution is -2.04. The van der Waals surface area contributed by atoms with Crippen molar-refractivity contribution < 1.29 is 13.2 Å². The van der Waals surface area contributed by atoms with Crippen LogP contribution in [0.15, 0.2) is 89.2 Å². The fourth-order valence-electron chi connectivity index (χ4n) is 3.75. The van der Waals surface area contributed by atoms with Gasteiger partial charge >= 0.3 is 0 Å². The van der Waals surface area contributed by atoms with Crippen molar-refractivity contribution in [1.29, 1.82) is 0 Å². The number of aryl methyl sites for hydroxylation is 2. The molecule has 3 heterocycles. The number of benzene rings is 2. The van der Waals surface area contributed by atoms with Crippen LogP contribution in [0.5, 0.6) is 0 Å². The van der Waals surface area contributed by atoms with Crippen molar-refractivity contribution in [2.24, 2.45) is 7.05 Å². The van der Waals surface area contributed by atoms with Gasteiger partial charge in [-0.2, -0.15) is 5.10 Å². The molecule has 0 saturated carbocycles. The Hall–Kier alpha value is -3.78. The van der Waals surface area contributed by atoms with Crippen molar-refractivity contribution in [1.82, 2.24) is 19.2 Å². The first kappa shape index (κ1) is 20.1. The maximum absolute atomic E-state index is 13.0. The molecule has 2 aromatic carbocycles. The van der Waals surface area contributed by atoms with E-state index < -0.39 is 9.84 Å². The third-order valence-corrected chi connectivity index (χ3v) is 7.25. The number of sulfone groups is 1. The zero-order valence-electron chi connectivity index (χ0n) is 17.3. The van der Waals surface area contributed by atoms with E-state index in [-0.39, 0.29) is 15.6 Å². The van der Waals surface area contributed by atoms with E-state index in [1.807, 2.05) is 10.5 Å². The van der Waals surface area contributed by atoms with Crippen LogP contribution in [0.3, 0.4) is 0 Å². The predicted molar refractivity (Wildman–Crippen MR) is 120 cm³/mol. The first-order valence-corrected chi connectivity index (χ1v) is 11.6. The summed E-state index contributed by atoms with van der Waals surface area (Å²) >= 11 is 0. The number of nitrogens with zero attached hydrogens (tertiary/aromatic N) is 4. The highest BCUT2D eigenvalue weighted by Gasteiger charge is 2.18. The lowest BCUT2D eigenvalue weighted by atomic mass is 10.0. The Bertz CT molecular complexity index is 1560. The molecule has 0 radical (unpaired) electrons. The van der Waals surface area contributed by atoms with E-state index >= 15 is 0 Å². The Morgan fingerprint density at radius 1 is 0.969 bits per heavy atom. The predicted octanol–water partition coefficient (Wildman–Crippen LogP) is 3.87. The van der Waals surface area contributed by atoms with Crippen LogP contribution in [-0.2, 0) is 23.3 Å². The minimum absolute atomic E-state index is 0.0297. The van der Waals surface area contributed by atoms with Crippen molar-refractivity contribution in [2.45, 2.75) is 22.6 Å². The number of fused-ring (bicyclic) bond motifs is 2. The summed E-state index contributed by atoms with van der Waals surface area (Å²) in [6.45, 7) is 0. The van der Waals surface area contributed by atoms with Gasteiger partial charge < -0.3 is 4.40 Å². The lowest BCUT2D eigenvalue weighted by Gasteiger charge is -2.07. The fraction of sp³-hybridized carbons (Fsp3) is 0.125. The summed E-state index contributed by atoms with van der Waals surface area (Å²) in [5.74, 6) is 0.0297. The largest absolute Gasteiger partial charge is 0.306 e. The van der Waals surface area contributed by atoms with Crippen LogP contribution in [-0.4, -0.2) is 33.4 Å². The Balaban J connectivity index is 1.31. The van der Waals surface area contributed by atoms with Gasteiger partial charge in [-0.15, -0.1) is 0 Å². The van der Waals surface area contributed by atoms with E-state index in [1.165, 1.54) is 0 Å². The van der Waals surface area contributed by atoms with Crippen LogP contribution >= 0.6 is 0 Å². The molecule has 0 aliphatic rings. The smallest absolute Gasteiger partial charge is 0.206 e. The van der Waals surface area contributed by atoms with Crippen LogP contribution < -0.4 is 0 Å². The van der Waals surface area contributed by atoms with Crippen molar-refractivity contribution in [3.05, 3.63) is 90.5 Å². The first-order valence-electron chi connectivity index (χ1n) is 10.1. The molecule has 0 unspecified atom stereocenters. The molecule has 0 aliphatic carbocycles. The number of hydrogen-bond donors (Lipinski definition) is 0. The topological polar surface area (TPSA) is 86.3 Å². The number of Topliss-reactive ketones (excluding diaryl/α,β-unsaturated/α-hetero) is 1. The minimum atomic E-state index is -3.64. The summed E-state index contributed by atoms with van der Waals surface area (Å²) in [6.07, 6.45) is 7.93. The van der Waals surface area contributed by atoms with Gasteiger partial charge in [-0.05, 0) is 54.4 Å². The van der Waals surface area contributed by atoms with Gasteiger partial charge in [0.1, 0.15) is 5.65 Å². The summed E-state index contributed by atoms with van der Waals surface area (Å²) in [5.41, 5.74) is 3.07. The molecule has 0 fully saturated rings. The van der Waals surface area contributed by atoms with Gasteiger partial charge in [0.25, 0.3) is 0 Å². The average Bonchev–Trinajstić information content (AvgIpc) is 3.41. The second-order valence-corrected chi connectivity index (χ2v) is 9.65. The molecule has 5 aromatic rings. The van der Waals surface area contributed by atoms with E-state index in [1.54, 1.807) is 85.0 Å². The van der Waals surface area contributed by atoms with Crippen LogP contribution in [0.1, 0.15) is 22.3 Å². The molecular formula is C24H20N4O3S. The molecule has 0 amide bonds. The normalized spacial score (nSPS) is 11.9. The highest BCUT2D eigenvalue weighted by atomic mass is 32.2. The molecule has 5 rings (SSSR count). The fourth-order valence-corrected chi connectivity index (χ4v) is 5.05. The Kier molecular flexibility index (Phi) is 4.86. The molecular weight excluding hydrogens is 424 g/mol. The standard InChI is InChI=1S/C24H20N4O3S/c1-27-15-19-14-21(8-9-22(19)26-27)32(30,31)20-6-2-17(3-7-20)4-10-23(29)18-5-11-24-25-12-13-28(24)16-18/h2-3,5-9,11-16H,4,10H2,1H3. The van der Waals surface area contributed by atoms with Crippen molar-refractivity contribution >= 4 is 32.2 Å². The zero-order valence-corrected chi connectivity index (χ0v) is 18.2. The maximum Gasteiger partial charge on any atom is 0.206 e. The summed E-state index contributed by atoms with van der Waals surface area (Å²) in [6, 6.07) is 15.2. The molecule has 32 heavy (non-hydrogen) atoms. The molecule has 7 nitrogen and oxygen atoms in total. The van der Waals surface area contributed by atoms with Gasteiger partial charge in [0.15, 0.2) is 5.78 Å². The summed E-state index contributed by atoms with van der Waals surface area (Å²) in [4.78, 5) is 17.2. The van der Waals surface area contributed by atoms with Gasteiger partial charge in [0.05, 0.1) is 15.3 Å².